The Hall–Kier alpha value is -1.74. The van der Waals surface area contributed by atoms with Crippen LogP contribution >= 0.6 is 0 Å². The standard InChI is InChI=1S/C16H16.2C2H6/c1-13-3-7-15(8-4-13)11-12-16-9-5-14(2)6-10-16;2*1-2/h3-5,7-9H,11-12H2,1-2H3;2*1-2H3. The van der Waals surface area contributed by atoms with Gasteiger partial charge in [-0.2, -0.15) is 0 Å². The van der Waals surface area contributed by atoms with Gasteiger partial charge in [-0.1, -0.05) is 75.1 Å². The fraction of sp³-hybridized carbons (Fsp3) is 0.400. The van der Waals surface area contributed by atoms with Crippen molar-refractivity contribution in [3.05, 3.63) is 70.2 Å². The lowest BCUT2D eigenvalue weighted by Gasteiger charge is -2.02. The molecule has 1 aromatic carbocycles. The fourth-order valence-corrected chi connectivity index (χ4v) is 1.67. The third-order valence-electron chi connectivity index (χ3n) is 2.76. The predicted octanol–water partition coefficient (Wildman–Crippen LogP) is 6.18. The largest absolute Gasteiger partial charge is 0.0683 e. The average molecular weight is 268 g/mol. The van der Waals surface area contributed by atoms with Crippen molar-refractivity contribution in [1.29, 1.82) is 0 Å². The molecule has 0 saturated heterocycles. The van der Waals surface area contributed by atoms with E-state index < -0.39 is 0 Å². The van der Waals surface area contributed by atoms with Gasteiger partial charge >= 0.3 is 0 Å². The normalized spacial score (nSPS) is 11.5. The zero-order valence-electron chi connectivity index (χ0n) is 13.9. The van der Waals surface area contributed by atoms with Crippen LogP contribution in [0, 0.1) is 6.92 Å². The van der Waals surface area contributed by atoms with Crippen LogP contribution in [0.15, 0.2) is 59.0 Å². The SMILES string of the molecule is CC.CC.CC1=C=C=C(CCc2ccc(C)cc2)C=C1. The molecular formula is C20H28. The summed E-state index contributed by atoms with van der Waals surface area (Å²) in [4.78, 5) is 0. The van der Waals surface area contributed by atoms with Crippen molar-refractivity contribution in [2.24, 2.45) is 0 Å². The minimum Gasteiger partial charge on any atom is -0.0683 e. The van der Waals surface area contributed by atoms with Gasteiger partial charge in [0.15, 0.2) is 0 Å². The van der Waals surface area contributed by atoms with Gasteiger partial charge in [-0.25, -0.2) is 0 Å². The zero-order chi connectivity index (χ0) is 15.4. The highest BCUT2D eigenvalue weighted by molar-refractivity contribution is 5.32. The minimum atomic E-state index is 1.04. The quantitative estimate of drug-likeness (QED) is 0.574. The van der Waals surface area contributed by atoms with Crippen LogP contribution in [0.1, 0.15) is 52.2 Å². The second kappa shape index (κ2) is 11.1. The maximum absolute atomic E-state index is 3.19. The predicted molar refractivity (Wildman–Crippen MR) is 91.1 cm³/mol. The van der Waals surface area contributed by atoms with E-state index in [1.807, 2.05) is 34.6 Å². The molecule has 1 aliphatic rings. The Kier molecular flexibility index (Phi) is 10.2. The van der Waals surface area contributed by atoms with E-state index in [4.69, 9.17) is 0 Å². The van der Waals surface area contributed by atoms with Gasteiger partial charge in [-0.3, -0.25) is 0 Å². The van der Waals surface area contributed by atoms with Crippen LogP contribution in [0.5, 0.6) is 0 Å². The summed E-state index contributed by atoms with van der Waals surface area (Å²) in [5.74, 6) is 0. The zero-order valence-corrected chi connectivity index (χ0v) is 13.9. The van der Waals surface area contributed by atoms with Crippen molar-refractivity contribution in [2.75, 3.05) is 0 Å². The summed E-state index contributed by atoms with van der Waals surface area (Å²) in [6, 6.07) is 8.74. The Morgan fingerprint density at radius 1 is 0.750 bits per heavy atom. The molecule has 0 unspecified atom stereocenters. The third kappa shape index (κ3) is 7.00. The van der Waals surface area contributed by atoms with Gasteiger partial charge in [0.2, 0.25) is 0 Å². The molecule has 0 saturated carbocycles. The van der Waals surface area contributed by atoms with E-state index in [0.29, 0.717) is 0 Å². The summed E-state index contributed by atoms with van der Waals surface area (Å²) >= 11 is 0. The first kappa shape index (κ1) is 18.3. The van der Waals surface area contributed by atoms with E-state index in [1.54, 1.807) is 0 Å². The van der Waals surface area contributed by atoms with Gasteiger partial charge in [0.1, 0.15) is 0 Å². The van der Waals surface area contributed by atoms with Crippen LogP contribution in [0.3, 0.4) is 0 Å². The second-order valence-corrected chi connectivity index (χ2v) is 4.28. The maximum atomic E-state index is 3.19. The second-order valence-electron chi connectivity index (χ2n) is 4.28. The fourth-order valence-electron chi connectivity index (χ4n) is 1.67. The summed E-state index contributed by atoms with van der Waals surface area (Å²) in [5, 5.41) is 0. The number of allylic oxidation sites excluding steroid dienone is 4. The van der Waals surface area contributed by atoms with Crippen LogP contribution in [-0.2, 0) is 6.42 Å². The molecule has 0 nitrogen and oxygen atoms in total. The number of hydrogen-bond acceptors (Lipinski definition) is 0. The molecule has 0 N–H and O–H groups in total. The Labute approximate surface area is 125 Å². The smallest absolute Gasteiger partial charge is 0.00275 e. The minimum absolute atomic E-state index is 1.04. The summed E-state index contributed by atoms with van der Waals surface area (Å²) in [7, 11) is 0. The van der Waals surface area contributed by atoms with E-state index in [9.17, 15) is 0 Å². The van der Waals surface area contributed by atoms with Crippen molar-refractivity contribution in [3.63, 3.8) is 0 Å². The lowest BCUT2D eigenvalue weighted by atomic mass is 10.0. The molecule has 0 heteroatoms. The summed E-state index contributed by atoms with van der Waals surface area (Å²) in [6.45, 7) is 12.2. The summed E-state index contributed by atoms with van der Waals surface area (Å²) < 4.78 is 0. The molecule has 108 valence electrons. The van der Waals surface area contributed by atoms with Crippen LogP contribution < -0.4 is 0 Å². The molecule has 0 radical (unpaired) electrons. The molecule has 1 aromatic rings. The molecule has 1 aliphatic carbocycles. The van der Waals surface area contributed by atoms with E-state index in [2.05, 4.69) is 54.8 Å². The molecule has 0 aliphatic heterocycles. The highest BCUT2D eigenvalue weighted by Crippen LogP contribution is 2.13. The molecule has 0 bridgehead atoms. The average Bonchev–Trinajstić information content (AvgIpc) is 2.52. The van der Waals surface area contributed by atoms with Crippen molar-refractivity contribution < 1.29 is 0 Å². The molecule has 2 rings (SSSR count). The van der Waals surface area contributed by atoms with Crippen molar-refractivity contribution in [3.8, 4) is 0 Å². The van der Waals surface area contributed by atoms with E-state index in [0.717, 1.165) is 18.4 Å². The topological polar surface area (TPSA) is 0 Å². The van der Waals surface area contributed by atoms with Crippen molar-refractivity contribution in [1.82, 2.24) is 0 Å². The van der Waals surface area contributed by atoms with E-state index in [-0.39, 0.29) is 0 Å². The van der Waals surface area contributed by atoms with Gasteiger partial charge in [0.25, 0.3) is 0 Å². The summed E-state index contributed by atoms with van der Waals surface area (Å²) in [6.07, 6.45) is 6.36. The van der Waals surface area contributed by atoms with Crippen molar-refractivity contribution >= 4 is 0 Å². The Morgan fingerprint density at radius 3 is 1.85 bits per heavy atom. The molecule has 20 heavy (non-hydrogen) atoms. The maximum Gasteiger partial charge on any atom is 0.00275 e. The van der Waals surface area contributed by atoms with Gasteiger partial charge in [0, 0.05) is 5.57 Å². The molecule has 0 spiro atoms. The van der Waals surface area contributed by atoms with E-state index >= 15 is 0 Å². The van der Waals surface area contributed by atoms with Gasteiger partial charge in [0.05, 0.1) is 0 Å². The first-order chi connectivity index (χ1) is 9.74. The Bertz CT molecular complexity index is 499. The first-order valence-electron chi connectivity index (χ1n) is 7.69. The van der Waals surface area contributed by atoms with Crippen LogP contribution in [-0.4, -0.2) is 0 Å². The summed E-state index contributed by atoms with van der Waals surface area (Å²) in [5.41, 5.74) is 11.4. The molecule has 0 fully saturated rings. The number of benzene rings is 1. The number of aryl methyl sites for hydroxylation is 2. The van der Waals surface area contributed by atoms with Crippen molar-refractivity contribution in [2.45, 2.75) is 54.4 Å². The van der Waals surface area contributed by atoms with Crippen LogP contribution in [0.4, 0.5) is 0 Å². The number of hydrogen-bond donors (Lipinski definition) is 0. The molecule has 0 atom stereocenters. The molecule has 0 heterocycles. The molecule has 0 aromatic heterocycles. The third-order valence-corrected chi connectivity index (χ3v) is 2.76. The first-order valence-corrected chi connectivity index (χ1v) is 7.69. The highest BCUT2D eigenvalue weighted by atomic mass is 14.0. The Morgan fingerprint density at radius 2 is 1.35 bits per heavy atom. The lowest BCUT2D eigenvalue weighted by molar-refractivity contribution is 0.965. The van der Waals surface area contributed by atoms with Gasteiger partial charge in [-0.15, -0.1) is 0 Å². The highest BCUT2D eigenvalue weighted by Gasteiger charge is 1.97. The van der Waals surface area contributed by atoms with E-state index in [1.165, 1.54) is 16.7 Å². The van der Waals surface area contributed by atoms with Gasteiger partial charge < -0.3 is 0 Å². The van der Waals surface area contributed by atoms with Crippen LogP contribution in [0.25, 0.3) is 0 Å². The lowest BCUT2D eigenvalue weighted by Crippen LogP contribution is -1.88. The molecule has 0 amide bonds. The van der Waals surface area contributed by atoms with Crippen LogP contribution in [0.2, 0.25) is 0 Å². The van der Waals surface area contributed by atoms with Gasteiger partial charge in [-0.05, 0) is 43.9 Å². The molecular weight excluding hydrogens is 240 g/mol. The Balaban J connectivity index is 0.000000829. The number of rotatable bonds is 3. The monoisotopic (exact) mass is 268 g/mol.